The number of methoxy groups -OCH3 is 1. The molecular weight excluding hydrogens is 290 g/mol. The maximum absolute atomic E-state index is 12.0. The molecule has 0 unspecified atom stereocenters. The minimum atomic E-state index is -0.287. The number of hydrazone groups is 1. The second-order valence-electron chi connectivity index (χ2n) is 4.86. The number of nitrogens with zero attached hydrogens (tertiary/aromatic N) is 2. The van der Waals surface area contributed by atoms with Gasteiger partial charge in [0.2, 0.25) is 0 Å². The molecule has 0 aliphatic heterocycles. The van der Waals surface area contributed by atoms with Crippen molar-refractivity contribution in [3.8, 4) is 5.75 Å². The molecule has 1 N–H and O–H groups in total. The fraction of sp³-hybridized carbons (Fsp3) is 0.0556. The Hall–Kier alpha value is -3.21. The Labute approximate surface area is 133 Å². The van der Waals surface area contributed by atoms with E-state index in [1.54, 1.807) is 31.4 Å². The van der Waals surface area contributed by atoms with Gasteiger partial charge < -0.3 is 4.74 Å². The molecule has 0 aliphatic rings. The van der Waals surface area contributed by atoms with E-state index < -0.39 is 0 Å². The number of ether oxygens (including phenoxy) is 1. The zero-order valence-corrected chi connectivity index (χ0v) is 12.6. The van der Waals surface area contributed by atoms with E-state index in [0.717, 1.165) is 10.9 Å². The predicted octanol–water partition coefficient (Wildman–Crippen LogP) is 3.01. The number of carbonyl (C=O) groups is 1. The van der Waals surface area contributed by atoms with E-state index in [-0.39, 0.29) is 5.91 Å². The third-order valence-corrected chi connectivity index (χ3v) is 3.34. The van der Waals surface area contributed by atoms with Crippen molar-refractivity contribution in [2.24, 2.45) is 5.10 Å². The van der Waals surface area contributed by atoms with E-state index in [4.69, 9.17) is 4.74 Å². The molecule has 0 saturated heterocycles. The molecule has 0 saturated carbocycles. The Kier molecular flexibility index (Phi) is 4.29. The highest BCUT2D eigenvalue weighted by Gasteiger charge is 2.03. The van der Waals surface area contributed by atoms with Crippen molar-refractivity contribution in [3.05, 3.63) is 71.9 Å². The number of pyridine rings is 1. The molecule has 0 atom stereocenters. The predicted molar refractivity (Wildman–Crippen MR) is 89.8 cm³/mol. The molecule has 0 spiro atoms. The molecule has 2 aromatic carbocycles. The summed E-state index contributed by atoms with van der Waals surface area (Å²) in [4.78, 5) is 16.4. The summed E-state index contributed by atoms with van der Waals surface area (Å²) in [5.41, 5.74) is 4.56. The van der Waals surface area contributed by atoms with E-state index in [0.29, 0.717) is 17.0 Å². The van der Waals surface area contributed by atoms with Crippen LogP contribution in [0, 0.1) is 0 Å². The van der Waals surface area contributed by atoms with Gasteiger partial charge in [-0.3, -0.25) is 4.79 Å². The summed E-state index contributed by atoms with van der Waals surface area (Å²) in [5.74, 6) is 0.412. The molecule has 5 heteroatoms. The van der Waals surface area contributed by atoms with Crippen molar-refractivity contribution in [2.75, 3.05) is 7.11 Å². The lowest BCUT2D eigenvalue weighted by Gasteiger charge is -2.02. The fourth-order valence-corrected chi connectivity index (χ4v) is 2.12. The summed E-state index contributed by atoms with van der Waals surface area (Å²) < 4.78 is 5.05. The van der Waals surface area contributed by atoms with Crippen molar-refractivity contribution in [1.82, 2.24) is 10.4 Å². The van der Waals surface area contributed by atoms with Gasteiger partial charge >= 0.3 is 0 Å². The van der Waals surface area contributed by atoms with Gasteiger partial charge in [0, 0.05) is 10.9 Å². The normalized spacial score (nSPS) is 10.8. The largest absolute Gasteiger partial charge is 0.497 e. The van der Waals surface area contributed by atoms with E-state index in [9.17, 15) is 4.79 Å². The minimum absolute atomic E-state index is 0.287. The summed E-state index contributed by atoms with van der Waals surface area (Å²) in [6, 6.07) is 18.5. The first-order valence-corrected chi connectivity index (χ1v) is 7.09. The monoisotopic (exact) mass is 305 g/mol. The molecule has 5 nitrogen and oxygen atoms in total. The van der Waals surface area contributed by atoms with Crippen LogP contribution in [0.25, 0.3) is 10.9 Å². The van der Waals surface area contributed by atoms with E-state index >= 15 is 0 Å². The minimum Gasteiger partial charge on any atom is -0.497 e. The first-order chi connectivity index (χ1) is 11.3. The van der Waals surface area contributed by atoms with Gasteiger partial charge in [-0.25, -0.2) is 10.4 Å². The summed E-state index contributed by atoms with van der Waals surface area (Å²) in [6.07, 6.45) is 1.52. The van der Waals surface area contributed by atoms with Crippen molar-refractivity contribution in [3.63, 3.8) is 0 Å². The summed E-state index contributed by atoms with van der Waals surface area (Å²) in [7, 11) is 1.58. The molecule has 1 amide bonds. The van der Waals surface area contributed by atoms with Crippen molar-refractivity contribution >= 4 is 23.0 Å². The van der Waals surface area contributed by atoms with Gasteiger partial charge in [-0.2, -0.15) is 5.10 Å². The number of para-hydroxylation sites is 1. The van der Waals surface area contributed by atoms with Gasteiger partial charge in [-0.1, -0.05) is 24.3 Å². The number of rotatable bonds is 4. The van der Waals surface area contributed by atoms with Gasteiger partial charge in [0.1, 0.15) is 5.75 Å². The molecule has 1 aromatic heterocycles. The van der Waals surface area contributed by atoms with Crippen LogP contribution in [0.15, 0.2) is 65.8 Å². The number of amides is 1. The van der Waals surface area contributed by atoms with Crippen LogP contribution < -0.4 is 10.2 Å². The second-order valence-corrected chi connectivity index (χ2v) is 4.86. The Bertz CT molecular complexity index is 858. The van der Waals surface area contributed by atoms with Gasteiger partial charge in [0.25, 0.3) is 5.91 Å². The van der Waals surface area contributed by atoms with Crippen LogP contribution in [-0.4, -0.2) is 24.2 Å². The lowest BCUT2D eigenvalue weighted by molar-refractivity contribution is 0.0955. The average Bonchev–Trinajstić information content (AvgIpc) is 2.61. The highest BCUT2D eigenvalue weighted by atomic mass is 16.5. The highest BCUT2D eigenvalue weighted by molar-refractivity contribution is 5.95. The number of hydrogen-bond donors (Lipinski definition) is 1. The Morgan fingerprint density at radius 3 is 2.65 bits per heavy atom. The third kappa shape index (κ3) is 3.52. The lowest BCUT2D eigenvalue weighted by Crippen LogP contribution is -2.17. The topological polar surface area (TPSA) is 63.6 Å². The smallest absolute Gasteiger partial charge is 0.271 e. The van der Waals surface area contributed by atoms with Gasteiger partial charge in [-0.15, -0.1) is 0 Å². The van der Waals surface area contributed by atoms with Gasteiger partial charge in [0.05, 0.1) is 24.5 Å². The number of carbonyl (C=O) groups excluding carboxylic acids is 1. The van der Waals surface area contributed by atoms with E-state index in [2.05, 4.69) is 15.5 Å². The molecule has 3 rings (SSSR count). The second kappa shape index (κ2) is 6.70. The molecule has 1 heterocycles. The zero-order chi connectivity index (χ0) is 16.1. The molecule has 0 fully saturated rings. The molecular formula is C18H15N3O2. The number of aromatic nitrogens is 1. The van der Waals surface area contributed by atoms with Crippen molar-refractivity contribution < 1.29 is 9.53 Å². The van der Waals surface area contributed by atoms with Crippen molar-refractivity contribution in [1.29, 1.82) is 0 Å². The van der Waals surface area contributed by atoms with Crippen LogP contribution in [0.3, 0.4) is 0 Å². The number of hydrogen-bond acceptors (Lipinski definition) is 4. The highest BCUT2D eigenvalue weighted by Crippen LogP contribution is 2.12. The van der Waals surface area contributed by atoms with Crippen LogP contribution in [0.1, 0.15) is 16.1 Å². The van der Waals surface area contributed by atoms with Crippen LogP contribution in [0.5, 0.6) is 5.75 Å². The van der Waals surface area contributed by atoms with Gasteiger partial charge in [-0.05, 0) is 36.4 Å². The standard InChI is InChI=1S/C18H15N3O2/c1-23-16-10-7-14(8-11-16)18(22)21-19-12-15-9-6-13-4-2-3-5-17(13)20-15/h2-12H,1H3,(H,21,22)/b19-12+. The maximum atomic E-state index is 12.0. The molecule has 0 aliphatic carbocycles. The van der Waals surface area contributed by atoms with Crippen LogP contribution >= 0.6 is 0 Å². The Balaban J connectivity index is 1.68. The third-order valence-electron chi connectivity index (χ3n) is 3.34. The molecule has 114 valence electrons. The lowest BCUT2D eigenvalue weighted by atomic mass is 10.2. The molecule has 0 bridgehead atoms. The fourth-order valence-electron chi connectivity index (χ4n) is 2.12. The van der Waals surface area contributed by atoms with Crippen LogP contribution in [-0.2, 0) is 0 Å². The Morgan fingerprint density at radius 1 is 1.09 bits per heavy atom. The number of benzene rings is 2. The summed E-state index contributed by atoms with van der Waals surface area (Å²) in [5, 5.41) is 5.01. The first-order valence-electron chi connectivity index (χ1n) is 7.09. The van der Waals surface area contributed by atoms with Crippen molar-refractivity contribution in [2.45, 2.75) is 0 Å². The number of fused-ring (bicyclic) bond motifs is 1. The SMILES string of the molecule is COc1ccc(C(=O)N/N=C/c2ccc3ccccc3n2)cc1. The molecule has 23 heavy (non-hydrogen) atoms. The zero-order valence-electron chi connectivity index (χ0n) is 12.6. The maximum Gasteiger partial charge on any atom is 0.271 e. The molecule has 3 aromatic rings. The summed E-state index contributed by atoms with van der Waals surface area (Å²) in [6.45, 7) is 0. The summed E-state index contributed by atoms with van der Waals surface area (Å²) >= 11 is 0. The van der Waals surface area contributed by atoms with Crippen LogP contribution in [0.2, 0.25) is 0 Å². The van der Waals surface area contributed by atoms with E-state index in [1.165, 1.54) is 6.21 Å². The van der Waals surface area contributed by atoms with Crippen LogP contribution in [0.4, 0.5) is 0 Å². The van der Waals surface area contributed by atoms with E-state index in [1.807, 2.05) is 36.4 Å². The number of nitrogens with one attached hydrogen (secondary N) is 1. The average molecular weight is 305 g/mol. The Morgan fingerprint density at radius 2 is 1.87 bits per heavy atom. The first kappa shape index (κ1) is 14.7. The van der Waals surface area contributed by atoms with Gasteiger partial charge in [0.15, 0.2) is 0 Å². The molecule has 0 radical (unpaired) electrons. The quantitative estimate of drug-likeness (QED) is 0.595.